The first kappa shape index (κ1) is 16.1. The van der Waals surface area contributed by atoms with E-state index in [2.05, 4.69) is 25.7 Å². The molecule has 0 aliphatic heterocycles. The van der Waals surface area contributed by atoms with Crippen LogP contribution in [0.25, 0.3) is 0 Å². The van der Waals surface area contributed by atoms with Gasteiger partial charge in [0.15, 0.2) is 6.10 Å². The fourth-order valence-corrected chi connectivity index (χ4v) is 1.73. The summed E-state index contributed by atoms with van der Waals surface area (Å²) < 4.78 is 10.6. The normalized spacial score (nSPS) is 11.4. The smallest absolute Gasteiger partial charge is 0.339 e. The van der Waals surface area contributed by atoms with Crippen molar-refractivity contribution < 1.29 is 14.3 Å². The maximum absolute atomic E-state index is 12.1. The van der Waals surface area contributed by atoms with Crippen LogP contribution in [-0.2, 0) is 4.74 Å². The Morgan fingerprint density at radius 2 is 2.10 bits per heavy atom. The number of ether oxygens (including phenoxy) is 2. The highest BCUT2D eigenvalue weighted by Crippen LogP contribution is 2.15. The van der Waals surface area contributed by atoms with E-state index in [0.29, 0.717) is 17.2 Å². The minimum Gasteiger partial charge on any atom is -0.497 e. The molecule has 0 aliphatic rings. The maximum Gasteiger partial charge on any atom is 0.339 e. The predicted octanol–water partition coefficient (Wildman–Crippen LogP) is 3.68. The summed E-state index contributed by atoms with van der Waals surface area (Å²) >= 11 is 0. The Hall–Kier alpha value is -1.95. The van der Waals surface area contributed by atoms with Crippen molar-refractivity contribution in [1.82, 2.24) is 0 Å². The van der Waals surface area contributed by atoms with Gasteiger partial charge in [-0.05, 0) is 30.5 Å². The Kier molecular flexibility index (Phi) is 6.66. The summed E-state index contributed by atoms with van der Waals surface area (Å²) in [5.41, 5.74) is 0.483. The summed E-state index contributed by atoms with van der Waals surface area (Å²) in [5, 5.41) is 0. The van der Waals surface area contributed by atoms with Gasteiger partial charge >= 0.3 is 5.97 Å². The average Bonchev–Trinajstić information content (AvgIpc) is 2.44. The van der Waals surface area contributed by atoms with Crippen LogP contribution in [0.15, 0.2) is 24.3 Å². The van der Waals surface area contributed by atoms with Gasteiger partial charge < -0.3 is 9.47 Å². The summed E-state index contributed by atoms with van der Waals surface area (Å²) in [6.45, 7) is 6.14. The lowest BCUT2D eigenvalue weighted by Gasteiger charge is -2.14. The third-order valence-electron chi connectivity index (χ3n) is 2.68. The van der Waals surface area contributed by atoms with Gasteiger partial charge in [-0.1, -0.05) is 38.7 Å². The standard InChI is InChI=1S/C17H22O3/c1-5-6-9-16(11-13(2)3)20-17(18)14-8-7-10-15(12-14)19-4/h7-8,10,12-13,16H,5,11H2,1-4H3. The number of benzene rings is 1. The zero-order valence-electron chi connectivity index (χ0n) is 12.6. The molecule has 3 nitrogen and oxygen atoms in total. The number of carbonyl (C=O) groups is 1. The molecule has 3 heteroatoms. The summed E-state index contributed by atoms with van der Waals surface area (Å²) in [4.78, 5) is 12.1. The molecule has 1 unspecified atom stereocenters. The van der Waals surface area contributed by atoms with Crippen LogP contribution in [0.2, 0.25) is 0 Å². The molecule has 20 heavy (non-hydrogen) atoms. The summed E-state index contributed by atoms with van der Waals surface area (Å²) in [5.74, 6) is 6.68. The molecule has 0 amide bonds. The van der Waals surface area contributed by atoms with E-state index in [1.807, 2.05) is 6.92 Å². The van der Waals surface area contributed by atoms with Crippen molar-refractivity contribution in [2.24, 2.45) is 5.92 Å². The van der Waals surface area contributed by atoms with Crippen molar-refractivity contribution in [1.29, 1.82) is 0 Å². The molecule has 1 aromatic carbocycles. The van der Waals surface area contributed by atoms with E-state index in [1.165, 1.54) is 0 Å². The molecule has 0 aromatic heterocycles. The van der Waals surface area contributed by atoms with Crippen molar-refractivity contribution in [2.75, 3.05) is 7.11 Å². The zero-order valence-corrected chi connectivity index (χ0v) is 12.6. The largest absolute Gasteiger partial charge is 0.497 e. The Morgan fingerprint density at radius 1 is 1.35 bits per heavy atom. The van der Waals surface area contributed by atoms with Crippen LogP contribution < -0.4 is 4.74 Å². The predicted molar refractivity (Wildman–Crippen MR) is 79.7 cm³/mol. The van der Waals surface area contributed by atoms with E-state index in [1.54, 1.807) is 31.4 Å². The summed E-state index contributed by atoms with van der Waals surface area (Å²) in [6, 6.07) is 6.94. The fourth-order valence-electron chi connectivity index (χ4n) is 1.73. The second-order valence-electron chi connectivity index (χ2n) is 4.93. The fraction of sp³-hybridized carbons (Fsp3) is 0.471. The Morgan fingerprint density at radius 3 is 2.70 bits per heavy atom. The van der Waals surface area contributed by atoms with Crippen LogP contribution in [0.1, 0.15) is 44.0 Å². The van der Waals surface area contributed by atoms with E-state index < -0.39 is 0 Å². The molecule has 1 aromatic rings. The number of methoxy groups -OCH3 is 1. The Balaban J connectivity index is 2.78. The molecule has 0 saturated carbocycles. The average molecular weight is 274 g/mol. The van der Waals surface area contributed by atoms with E-state index in [0.717, 1.165) is 12.8 Å². The van der Waals surface area contributed by atoms with Gasteiger partial charge in [-0.2, -0.15) is 0 Å². The maximum atomic E-state index is 12.1. The molecule has 0 fully saturated rings. The zero-order chi connectivity index (χ0) is 15.0. The van der Waals surface area contributed by atoms with E-state index in [-0.39, 0.29) is 12.1 Å². The molecule has 0 radical (unpaired) electrons. The Bertz CT molecular complexity index is 494. The second-order valence-corrected chi connectivity index (χ2v) is 4.93. The number of hydrogen-bond donors (Lipinski definition) is 0. The first-order chi connectivity index (χ1) is 9.56. The van der Waals surface area contributed by atoms with Gasteiger partial charge in [0.2, 0.25) is 0 Å². The van der Waals surface area contributed by atoms with Crippen LogP contribution in [-0.4, -0.2) is 19.2 Å². The number of hydrogen-bond acceptors (Lipinski definition) is 3. The van der Waals surface area contributed by atoms with E-state index in [4.69, 9.17) is 9.47 Å². The quantitative estimate of drug-likeness (QED) is 0.607. The van der Waals surface area contributed by atoms with Crippen molar-refractivity contribution >= 4 is 5.97 Å². The summed E-state index contributed by atoms with van der Waals surface area (Å²) in [6.07, 6.45) is 1.14. The first-order valence-corrected chi connectivity index (χ1v) is 6.90. The number of rotatable bonds is 5. The molecule has 0 aliphatic carbocycles. The third kappa shape index (κ3) is 5.36. The second kappa shape index (κ2) is 8.27. The molecule has 0 N–H and O–H groups in total. The summed E-state index contributed by atoms with van der Waals surface area (Å²) in [7, 11) is 1.57. The lowest BCUT2D eigenvalue weighted by molar-refractivity contribution is 0.0377. The van der Waals surface area contributed by atoms with Gasteiger partial charge in [-0.15, -0.1) is 0 Å². The van der Waals surface area contributed by atoms with Gasteiger partial charge in [0.25, 0.3) is 0 Å². The van der Waals surface area contributed by atoms with Crippen LogP contribution in [0, 0.1) is 17.8 Å². The van der Waals surface area contributed by atoms with Gasteiger partial charge in [0.05, 0.1) is 12.7 Å². The SMILES string of the molecule is CCC#CC(CC(C)C)OC(=O)c1cccc(OC)c1. The molecule has 0 bridgehead atoms. The van der Waals surface area contributed by atoms with Crippen LogP contribution in [0.4, 0.5) is 0 Å². The van der Waals surface area contributed by atoms with Crippen LogP contribution in [0.3, 0.4) is 0 Å². The van der Waals surface area contributed by atoms with Crippen LogP contribution >= 0.6 is 0 Å². The highest BCUT2D eigenvalue weighted by atomic mass is 16.5. The molecule has 1 atom stereocenters. The number of esters is 1. The van der Waals surface area contributed by atoms with Gasteiger partial charge in [-0.3, -0.25) is 0 Å². The van der Waals surface area contributed by atoms with Gasteiger partial charge in [0.1, 0.15) is 5.75 Å². The monoisotopic (exact) mass is 274 g/mol. The van der Waals surface area contributed by atoms with Crippen molar-refractivity contribution in [3.63, 3.8) is 0 Å². The molecule has 0 heterocycles. The Labute approximate surface area is 121 Å². The lowest BCUT2D eigenvalue weighted by atomic mass is 10.1. The minimum absolute atomic E-state index is 0.353. The van der Waals surface area contributed by atoms with E-state index >= 15 is 0 Å². The van der Waals surface area contributed by atoms with Crippen molar-refractivity contribution in [2.45, 2.75) is 39.7 Å². The number of carbonyl (C=O) groups excluding carboxylic acids is 1. The topological polar surface area (TPSA) is 35.5 Å². The van der Waals surface area contributed by atoms with Crippen LogP contribution in [0.5, 0.6) is 5.75 Å². The minimum atomic E-state index is -0.361. The van der Waals surface area contributed by atoms with Gasteiger partial charge in [-0.25, -0.2) is 4.79 Å². The lowest BCUT2D eigenvalue weighted by Crippen LogP contribution is -2.18. The van der Waals surface area contributed by atoms with Gasteiger partial charge in [0, 0.05) is 6.42 Å². The molecular formula is C17H22O3. The third-order valence-corrected chi connectivity index (χ3v) is 2.68. The van der Waals surface area contributed by atoms with Crippen molar-refractivity contribution in [3.8, 4) is 17.6 Å². The molecule has 0 saturated heterocycles. The molecule has 1 rings (SSSR count). The van der Waals surface area contributed by atoms with Crippen molar-refractivity contribution in [3.05, 3.63) is 29.8 Å². The first-order valence-electron chi connectivity index (χ1n) is 6.90. The highest BCUT2D eigenvalue weighted by Gasteiger charge is 2.15. The molecular weight excluding hydrogens is 252 g/mol. The highest BCUT2D eigenvalue weighted by molar-refractivity contribution is 5.90. The molecule has 0 spiro atoms. The van der Waals surface area contributed by atoms with E-state index in [9.17, 15) is 4.79 Å². The molecule has 108 valence electrons.